The van der Waals surface area contributed by atoms with E-state index in [9.17, 15) is 19.7 Å². The topological polar surface area (TPSA) is 98.5 Å². The van der Waals surface area contributed by atoms with Crippen LogP contribution in [0.15, 0.2) is 42.5 Å². The van der Waals surface area contributed by atoms with E-state index in [-0.39, 0.29) is 23.2 Å². The van der Waals surface area contributed by atoms with Crippen LogP contribution in [0.2, 0.25) is 0 Å². The van der Waals surface area contributed by atoms with Crippen molar-refractivity contribution in [1.82, 2.24) is 5.32 Å². The molecule has 0 aromatic heterocycles. The second kappa shape index (κ2) is 7.99. The van der Waals surface area contributed by atoms with Crippen molar-refractivity contribution < 1.29 is 19.2 Å². The molecule has 0 radical (unpaired) electrons. The van der Waals surface area contributed by atoms with E-state index in [1.165, 1.54) is 23.8 Å². The molecule has 3 rings (SSSR count). The lowest BCUT2D eigenvalue weighted by Gasteiger charge is -2.26. The van der Waals surface area contributed by atoms with Crippen molar-refractivity contribution in [3.63, 3.8) is 0 Å². The first-order valence-electron chi connectivity index (χ1n) is 8.75. The van der Waals surface area contributed by atoms with Gasteiger partial charge in [0.05, 0.1) is 16.5 Å². The lowest BCUT2D eigenvalue weighted by atomic mass is 9.88. The summed E-state index contributed by atoms with van der Waals surface area (Å²) in [5, 5.41) is 13.7. The summed E-state index contributed by atoms with van der Waals surface area (Å²) in [6.07, 6.45) is 2.83. The molecule has 0 saturated carbocycles. The van der Waals surface area contributed by atoms with Crippen molar-refractivity contribution in [3.8, 4) is 0 Å². The SMILES string of the molecule is Cc1cc(C(=O)OCC(=O)N[C@H]2CCCc3ccccc32)ccc1[N+](=O)[O-]. The Morgan fingerprint density at radius 2 is 2.04 bits per heavy atom. The molecule has 1 aliphatic rings. The molecule has 0 bridgehead atoms. The van der Waals surface area contributed by atoms with Crippen molar-refractivity contribution >= 4 is 17.6 Å². The fourth-order valence-electron chi connectivity index (χ4n) is 3.34. The molecule has 140 valence electrons. The van der Waals surface area contributed by atoms with Crippen molar-refractivity contribution in [1.29, 1.82) is 0 Å². The number of carbonyl (C=O) groups excluding carboxylic acids is 2. The third-order valence-electron chi connectivity index (χ3n) is 4.67. The van der Waals surface area contributed by atoms with Crippen molar-refractivity contribution in [2.24, 2.45) is 0 Å². The van der Waals surface area contributed by atoms with Gasteiger partial charge in [-0.25, -0.2) is 4.79 Å². The zero-order chi connectivity index (χ0) is 19.4. The highest BCUT2D eigenvalue weighted by Crippen LogP contribution is 2.29. The number of rotatable bonds is 5. The average molecular weight is 368 g/mol. The highest BCUT2D eigenvalue weighted by molar-refractivity contribution is 5.91. The Morgan fingerprint density at radius 3 is 2.78 bits per heavy atom. The molecule has 0 heterocycles. The molecule has 0 fully saturated rings. The van der Waals surface area contributed by atoms with Crippen LogP contribution >= 0.6 is 0 Å². The Labute approximate surface area is 156 Å². The van der Waals surface area contributed by atoms with Gasteiger partial charge in [-0.05, 0) is 49.4 Å². The Bertz CT molecular complexity index is 894. The number of carbonyl (C=O) groups is 2. The number of benzene rings is 2. The monoisotopic (exact) mass is 368 g/mol. The predicted octanol–water partition coefficient (Wildman–Crippen LogP) is 3.25. The first kappa shape index (κ1) is 18.6. The maximum Gasteiger partial charge on any atom is 0.338 e. The summed E-state index contributed by atoms with van der Waals surface area (Å²) in [5.41, 5.74) is 2.80. The van der Waals surface area contributed by atoms with E-state index in [1.54, 1.807) is 6.92 Å². The quantitative estimate of drug-likeness (QED) is 0.496. The second-order valence-electron chi connectivity index (χ2n) is 6.55. The van der Waals surface area contributed by atoms with Crippen molar-refractivity contribution in [3.05, 3.63) is 74.8 Å². The lowest BCUT2D eigenvalue weighted by molar-refractivity contribution is -0.385. The fourth-order valence-corrected chi connectivity index (χ4v) is 3.34. The molecule has 2 aromatic rings. The number of nitrogens with one attached hydrogen (secondary N) is 1. The molecule has 2 aromatic carbocycles. The van der Waals surface area contributed by atoms with Gasteiger partial charge in [-0.2, -0.15) is 0 Å². The molecule has 0 unspecified atom stereocenters. The molecule has 1 amide bonds. The number of nitro benzene ring substituents is 1. The summed E-state index contributed by atoms with van der Waals surface area (Å²) in [7, 11) is 0. The molecule has 0 aliphatic heterocycles. The third kappa shape index (κ3) is 4.31. The zero-order valence-electron chi connectivity index (χ0n) is 14.9. The number of ether oxygens (including phenoxy) is 1. The normalized spacial score (nSPS) is 15.5. The van der Waals surface area contributed by atoms with Crippen LogP contribution in [-0.2, 0) is 16.0 Å². The molecule has 1 N–H and O–H groups in total. The predicted molar refractivity (Wildman–Crippen MR) is 98.4 cm³/mol. The maximum absolute atomic E-state index is 12.2. The van der Waals surface area contributed by atoms with Crippen LogP contribution in [0.5, 0.6) is 0 Å². The standard InChI is InChI=1S/C20H20N2O5/c1-13-11-15(9-10-18(13)22(25)26)20(24)27-12-19(23)21-17-8-4-6-14-5-2-3-7-16(14)17/h2-3,5,7,9-11,17H,4,6,8,12H2,1H3,(H,21,23)/t17-/m0/s1. The van der Waals surface area contributed by atoms with Crippen LogP contribution < -0.4 is 5.32 Å². The van der Waals surface area contributed by atoms with Crippen LogP contribution in [0.25, 0.3) is 0 Å². The smallest absolute Gasteiger partial charge is 0.338 e. The molecule has 1 atom stereocenters. The van der Waals surface area contributed by atoms with Gasteiger partial charge in [0.25, 0.3) is 11.6 Å². The molecular weight excluding hydrogens is 348 g/mol. The Kier molecular flexibility index (Phi) is 5.49. The van der Waals surface area contributed by atoms with Crippen LogP contribution in [-0.4, -0.2) is 23.4 Å². The summed E-state index contributed by atoms with van der Waals surface area (Å²) >= 11 is 0. The Morgan fingerprint density at radius 1 is 1.26 bits per heavy atom. The second-order valence-corrected chi connectivity index (χ2v) is 6.55. The molecule has 1 aliphatic carbocycles. The Balaban J connectivity index is 1.57. The minimum atomic E-state index is -0.688. The van der Waals surface area contributed by atoms with E-state index in [4.69, 9.17) is 4.74 Å². The zero-order valence-corrected chi connectivity index (χ0v) is 14.9. The molecule has 7 nitrogen and oxygen atoms in total. The number of nitrogens with zero attached hydrogens (tertiary/aromatic N) is 1. The number of fused-ring (bicyclic) bond motifs is 1. The van der Waals surface area contributed by atoms with Crippen LogP contribution in [0.4, 0.5) is 5.69 Å². The first-order valence-corrected chi connectivity index (χ1v) is 8.75. The van der Waals surface area contributed by atoms with Gasteiger partial charge in [-0.15, -0.1) is 0 Å². The van der Waals surface area contributed by atoms with Gasteiger partial charge in [0.1, 0.15) is 0 Å². The van der Waals surface area contributed by atoms with E-state index < -0.39 is 17.5 Å². The minimum Gasteiger partial charge on any atom is -0.452 e. The highest BCUT2D eigenvalue weighted by Gasteiger charge is 2.22. The molecule has 7 heteroatoms. The van der Waals surface area contributed by atoms with E-state index >= 15 is 0 Å². The number of aryl methyl sites for hydroxylation is 2. The van der Waals surface area contributed by atoms with E-state index in [2.05, 4.69) is 11.4 Å². The van der Waals surface area contributed by atoms with Crippen molar-refractivity contribution in [2.45, 2.75) is 32.2 Å². The van der Waals surface area contributed by atoms with Gasteiger partial charge >= 0.3 is 5.97 Å². The van der Waals surface area contributed by atoms with Crippen LogP contribution in [0.3, 0.4) is 0 Å². The summed E-state index contributed by atoms with van der Waals surface area (Å²) in [6.45, 7) is 1.15. The third-order valence-corrected chi connectivity index (χ3v) is 4.67. The van der Waals surface area contributed by atoms with Crippen LogP contribution in [0.1, 0.15) is 45.9 Å². The summed E-state index contributed by atoms with van der Waals surface area (Å²) in [5.74, 6) is -1.06. The van der Waals surface area contributed by atoms with Gasteiger partial charge < -0.3 is 10.1 Å². The largest absolute Gasteiger partial charge is 0.452 e. The summed E-state index contributed by atoms with van der Waals surface area (Å²) in [6, 6.07) is 11.9. The number of amides is 1. The molecular formula is C20H20N2O5. The number of hydrogen-bond acceptors (Lipinski definition) is 5. The van der Waals surface area contributed by atoms with Gasteiger partial charge in [-0.1, -0.05) is 24.3 Å². The summed E-state index contributed by atoms with van der Waals surface area (Å²) in [4.78, 5) is 34.6. The van der Waals surface area contributed by atoms with Gasteiger partial charge in [0, 0.05) is 11.6 Å². The lowest BCUT2D eigenvalue weighted by Crippen LogP contribution is -2.34. The van der Waals surface area contributed by atoms with Gasteiger partial charge in [0.2, 0.25) is 0 Å². The highest BCUT2D eigenvalue weighted by atomic mass is 16.6. The number of hydrogen-bond donors (Lipinski definition) is 1. The fraction of sp³-hybridized carbons (Fsp3) is 0.300. The Hall–Kier alpha value is -3.22. The summed E-state index contributed by atoms with van der Waals surface area (Å²) < 4.78 is 5.05. The minimum absolute atomic E-state index is 0.0692. The molecule has 0 spiro atoms. The van der Waals surface area contributed by atoms with Crippen molar-refractivity contribution in [2.75, 3.05) is 6.61 Å². The number of nitro groups is 1. The van der Waals surface area contributed by atoms with Gasteiger partial charge in [0.15, 0.2) is 6.61 Å². The van der Waals surface area contributed by atoms with E-state index in [0.29, 0.717) is 5.56 Å². The maximum atomic E-state index is 12.2. The average Bonchev–Trinajstić information content (AvgIpc) is 2.66. The van der Waals surface area contributed by atoms with Crippen LogP contribution in [0, 0.1) is 17.0 Å². The molecule has 27 heavy (non-hydrogen) atoms. The molecule has 0 saturated heterocycles. The number of esters is 1. The van der Waals surface area contributed by atoms with E-state index in [1.807, 2.05) is 18.2 Å². The van der Waals surface area contributed by atoms with E-state index in [0.717, 1.165) is 24.8 Å². The first-order chi connectivity index (χ1) is 13.0. The van der Waals surface area contributed by atoms with Gasteiger partial charge in [-0.3, -0.25) is 14.9 Å².